The Kier molecular flexibility index (Phi) is 6.05. The molecule has 0 aliphatic carbocycles. The van der Waals surface area contributed by atoms with E-state index >= 15 is 0 Å². The molecule has 0 spiro atoms. The quantitative estimate of drug-likeness (QED) is 0.446. The van der Waals surface area contributed by atoms with Crippen molar-refractivity contribution >= 4 is 28.9 Å². The predicted octanol–water partition coefficient (Wildman–Crippen LogP) is 3.53. The van der Waals surface area contributed by atoms with Crippen molar-refractivity contribution in [1.29, 1.82) is 0 Å². The van der Waals surface area contributed by atoms with Crippen LogP contribution in [0.3, 0.4) is 0 Å². The number of methoxy groups -OCH3 is 1. The molecule has 0 fully saturated rings. The summed E-state index contributed by atoms with van der Waals surface area (Å²) in [7, 11) is 1.27. The van der Waals surface area contributed by atoms with Gasteiger partial charge >= 0.3 is 17.9 Å². The maximum atomic E-state index is 13.2. The second-order valence-corrected chi connectivity index (χ2v) is 6.42. The normalized spacial score (nSPS) is 10.5. The molecule has 0 aliphatic rings. The van der Waals surface area contributed by atoms with Crippen LogP contribution in [0.2, 0.25) is 0 Å². The highest BCUT2D eigenvalue weighted by Gasteiger charge is 2.20. The van der Waals surface area contributed by atoms with E-state index in [0.29, 0.717) is 5.56 Å². The highest BCUT2D eigenvalue weighted by molar-refractivity contribution is 5.90. The van der Waals surface area contributed by atoms with Crippen LogP contribution in [0.15, 0.2) is 45.6 Å². The van der Waals surface area contributed by atoms with Crippen molar-refractivity contribution < 1.29 is 37.7 Å². The maximum Gasteiger partial charge on any atom is 0.337 e. The van der Waals surface area contributed by atoms with Gasteiger partial charge in [0.15, 0.2) is 0 Å². The van der Waals surface area contributed by atoms with Crippen molar-refractivity contribution in [3.05, 3.63) is 57.9 Å². The van der Waals surface area contributed by atoms with Crippen molar-refractivity contribution in [3.63, 3.8) is 0 Å². The van der Waals surface area contributed by atoms with E-state index in [1.807, 2.05) is 0 Å². The monoisotopic (exact) mass is 426 g/mol. The first-order valence-corrected chi connectivity index (χ1v) is 9.04. The summed E-state index contributed by atoms with van der Waals surface area (Å²) in [5.74, 6) is -1.60. The van der Waals surface area contributed by atoms with Gasteiger partial charge in [-0.2, -0.15) is 0 Å². The Hall–Kier alpha value is -4.14. The summed E-state index contributed by atoms with van der Waals surface area (Å²) in [6.07, 6.45) is 0. The zero-order valence-electron chi connectivity index (χ0n) is 17.1. The van der Waals surface area contributed by atoms with Gasteiger partial charge in [0.2, 0.25) is 11.2 Å². The van der Waals surface area contributed by atoms with E-state index in [0.717, 1.165) is 0 Å². The molecular formula is C22H18O9. The van der Waals surface area contributed by atoms with Crippen LogP contribution in [-0.4, -0.2) is 25.0 Å². The number of ether oxygens (including phenoxy) is 4. The van der Waals surface area contributed by atoms with E-state index in [4.69, 9.17) is 18.6 Å². The lowest BCUT2D eigenvalue weighted by molar-refractivity contribution is -0.132. The highest BCUT2D eigenvalue weighted by Crippen LogP contribution is 2.33. The number of hydrogen-bond acceptors (Lipinski definition) is 9. The van der Waals surface area contributed by atoms with E-state index in [9.17, 15) is 19.2 Å². The first-order valence-electron chi connectivity index (χ1n) is 9.04. The van der Waals surface area contributed by atoms with Crippen LogP contribution in [0.5, 0.6) is 23.0 Å². The average Bonchev–Trinajstić information content (AvgIpc) is 2.69. The minimum atomic E-state index is -0.679. The first kappa shape index (κ1) is 21.6. The third kappa shape index (κ3) is 4.72. The zero-order chi connectivity index (χ0) is 22.7. The smallest absolute Gasteiger partial charge is 0.337 e. The molecule has 9 nitrogen and oxygen atoms in total. The average molecular weight is 426 g/mol. The van der Waals surface area contributed by atoms with Crippen molar-refractivity contribution in [1.82, 2.24) is 0 Å². The van der Waals surface area contributed by atoms with Gasteiger partial charge in [0.25, 0.3) is 0 Å². The fourth-order valence-corrected chi connectivity index (χ4v) is 2.83. The fraction of sp³-hybridized carbons (Fsp3) is 0.182. The van der Waals surface area contributed by atoms with E-state index in [1.165, 1.54) is 64.3 Å². The van der Waals surface area contributed by atoms with Gasteiger partial charge in [-0.3, -0.25) is 14.4 Å². The second kappa shape index (κ2) is 8.70. The van der Waals surface area contributed by atoms with Crippen LogP contribution in [0.1, 0.15) is 30.0 Å². The van der Waals surface area contributed by atoms with Gasteiger partial charge in [-0.25, -0.2) is 4.79 Å². The van der Waals surface area contributed by atoms with E-state index in [-0.39, 0.29) is 39.7 Å². The van der Waals surface area contributed by atoms with E-state index in [2.05, 4.69) is 4.74 Å². The molecule has 160 valence electrons. The molecule has 0 unspecified atom stereocenters. The SMILES string of the molecule is COC(=O)c1ccc(Oc2c(C)oc3cc(OC(C)=O)cc(OC(C)=O)c3c2=O)cc1. The summed E-state index contributed by atoms with van der Waals surface area (Å²) in [6, 6.07) is 8.53. The molecule has 0 aliphatic heterocycles. The number of benzene rings is 2. The van der Waals surface area contributed by atoms with Crippen LogP contribution < -0.4 is 19.6 Å². The number of esters is 3. The molecule has 31 heavy (non-hydrogen) atoms. The summed E-state index contributed by atoms with van der Waals surface area (Å²) in [5.41, 5.74) is -0.237. The van der Waals surface area contributed by atoms with E-state index < -0.39 is 23.3 Å². The Bertz CT molecular complexity index is 1240. The van der Waals surface area contributed by atoms with Gasteiger partial charge in [0.05, 0.1) is 12.7 Å². The maximum absolute atomic E-state index is 13.2. The Morgan fingerprint density at radius 2 is 1.55 bits per heavy atom. The van der Waals surface area contributed by atoms with Gasteiger partial charge in [0, 0.05) is 26.0 Å². The molecule has 0 saturated carbocycles. The van der Waals surface area contributed by atoms with Gasteiger partial charge in [-0.15, -0.1) is 0 Å². The molecule has 0 radical (unpaired) electrons. The zero-order valence-corrected chi connectivity index (χ0v) is 17.1. The Morgan fingerprint density at radius 1 is 0.903 bits per heavy atom. The molecule has 2 aromatic carbocycles. The third-order valence-corrected chi connectivity index (χ3v) is 4.07. The molecule has 1 aromatic heterocycles. The second-order valence-electron chi connectivity index (χ2n) is 6.42. The molecule has 0 N–H and O–H groups in total. The van der Waals surface area contributed by atoms with Gasteiger partial charge in [0.1, 0.15) is 34.0 Å². The van der Waals surface area contributed by atoms with Crippen LogP contribution >= 0.6 is 0 Å². The van der Waals surface area contributed by atoms with Crippen LogP contribution in [0.25, 0.3) is 11.0 Å². The number of carbonyl (C=O) groups is 3. The molecule has 0 atom stereocenters. The minimum absolute atomic E-state index is 0.0471. The van der Waals surface area contributed by atoms with Crippen LogP contribution in [0, 0.1) is 6.92 Å². The fourth-order valence-electron chi connectivity index (χ4n) is 2.83. The lowest BCUT2D eigenvalue weighted by Crippen LogP contribution is -2.12. The van der Waals surface area contributed by atoms with Gasteiger partial charge in [-0.1, -0.05) is 0 Å². The van der Waals surface area contributed by atoms with Gasteiger partial charge < -0.3 is 23.4 Å². The first-order chi connectivity index (χ1) is 14.7. The number of aryl methyl sites for hydroxylation is 1. The summed E-state index contributed by atoms with van der Waals surface area (Å²) in [5, 5.41) is -0.0575. The molecule has 3 rings (SSSR count). The number of rotatable bonds is 5. The Morgan fingerprint density at radius 3 is 2.13 bits per heavy atom. The van der Waals surface area contributed by atoms with E-state index in [1.54, 1.807) is 0 Å². The largest absolute Gasteiger partial charge is 0.465 e. The van der Waals surface area contributed by atoms with Crippen molar-refractivity contribution in [2.45, 2.75) is 20.8 Å². The highest BCUT2D eigenvalue weighted by atomic mass is 16.5. The van der Waals surface area contributed by atoms with Gasteiger partial charge in [-0.05, 0) is 31.2 Å². The molecule has 0 saturated heterocycles. The molecule has 3 aromatic rings. The third-order valence-electron chi connectivity index (χ3n) is 4.07. The standard InChI is InChI=1S/C22H18O9/c1-11-21(31-15-7-5-14(6-8-15)22(26)27-4)20(25)19-17(28-11)9-16(29-12(2)23)10-18(19)30-13(3)24/h5-10H,1-4H3. The van der Waals surface area contributed by atoms with Crippen molar-refractivity contribution in [2.75, 3.05) is 7.11 Å². The number of fused-ring (bicyclic) bond motifs is 1. The lowest BCUT2D eigenvalue weighted by Gasteiger charge is -2.12. The summed E-state index contributed by atoms with van der Waals surface area (Å²) in [4.78, 5) is 47.5. The summed E-state index contributed by atoms with van der Waals surface area (Å²) in [6.45, 7) is 3.89. The number of hydrogen-bond donors (Lipinski definition) is 0. The summed E-state index contributed by atoms with van der Waals surface area (Å²) >= 11 is 0. The molecular weight excluding hydrogens is 408 g/mol. The van der Waals surface area contributed by atoms with Crippen molar-refractivity contribution in [2.24, 2.45) is 0 Å². The lowest BCUT2D eigenvalue weighted by atomic mass is 10.1. The van der Waals surface area contributed by atoms with Crippen LogP contribution in [-0.2, 0) is 14.3 Å². The minimum Gasteiger partial charge on any atom is -0.465 e. The number of carbonyl (C=O) groups excluding carboxylic acids is 3. The Labute approximate surface area is 176 Å². The molecule has 0 amide bonds. The Balaban J connectivity index is 2.10. The topological polar surface area (TPSA) is 118 Å². The van der Waals surface area contributed by atoms with Crippen molar-refractivity contribution in [3.8, 4) is 23.0 Å². The molecule has 9 heteroatoms. The molecule has 0 bridgehead atoms. The van der Waals surface area contributed by atoms with Crippen LogP contribution in [0.4, 0.5) is 0 Å². The predicted molar refractivity (Wildman–Crippen MR) is 108 cm³/mol. The molecule has 1 heterocycles. The summed E-state index contributed by atoms with van der Waals surface area (Å²) < 4.78 is 26.2.